The maximum atomic E-state index is 12.6. The molecule has 1 saturated heterocycles. The quantitative estimate of drug-likeness (QED) is 0.852. The molecule has 0 saturated carbocycles. The maximum Gasteiger partial charge on any atom is 0.257 e. The summed E-state index contributed by atoms with van der Waals surface area (Å²) in [6.45, 7) is 1.55. The van der Waals surface area contributed by atoms with Crippen LogP contribution >= 0.6 is 11.6 Å². The van der Waals surface area contributed by atoms with Gasteiger partial charge in [-0.05, 0) is 25.0 Å². The average molecular weight is 334 g/mol. The van der Waals surface area contributed by atoms with Gasteiger partial charge in [-0.15, -0.1) is 4.83 Å². The summed E-state index contributed by atoms with van der Waals surface area (Å²) in [6.07, 6.45) is 3.07. The van der Waals surface area contributed by atoms with Crippen LogP contribution in [0.15, 0.2) is 17.0 Å². The fourth-order valence-electron chi connectivity index (χ4n) is 2.41. The molecule has 0 aromatic heterocycles. The van der Waals surface area contributed by atoms with E-state index in [9.17, 15) is 8.42 Å². The fourth-order valence-corrected chi connectivity index (χ4v) is 4.08. The van der Waals surface area contributed by atoms with Crippen LogP contribution in [0.5, 0.6) is 5.75 Å². The lowest BCUT2D eigenvalue weighted by Crippen LogP contribution is -2.45. The van der Waals surface area contributed by atoms with Gasteiger partial charge < -0.3 is 10.5 Å². The number of rotatable bonds is 5. The summed E-state index contributed by atoms with van der Waals surface area (Å²) >= 11 is 5.99. The lowest BCUT2D eigenvalue weighted by Gasteiger charge is -2.27. The maximum absolute atomic E-state index is 12.6. The van der Waals surface area contributed by atoms with Crippen LogP contribution in [0.2, 0.25) is 5.02 Å². The number of hydrogen-bond donors (Lipinski definition) is 2. The SMILES string of the molecule is COc1c(CN)cc(Cl)cc1S(=O)(=O)NN1CCCCC1. The van der Waals surface area contributed by atoms with Gasteiger partial charge in [0.2, 0.25) is 0 Å². The number of hydrazine groups is 1. The molecule has 0 amide bonds. The Morgan fingerprint density at radius 3 is 2.57 bits per heavy atom. The smallest absolute Gasteiger partial charge is 0.257 e. The first-order valence-electron chi connectivity index (χ1n) is 6.82. The third-order valence-corrected chi connectivity index (χ3v) is 5.01. The molecule has 2 rings (SSSR count). The van der Waals surface area contributed by atoms with Gasteiger partial charge in [-0.1, -0.05) is 18.0 Å². The van der Waals surface area contributed by atoms with E-state index in [1.54, 1.807) is 11.1 Å². The van der Waals surface area contributed by atoms with Gasteiger partial charge in [0.1, 0.15) is 10.6 Å². The Kier molecular flexibility index (Phi) is 5.45. The highest BCUT2D eigenvalue weighted by Gasteiger charge is 2.25. The number of nitrogens with one attached hydrogen (secondary N) is 1. The topological polar surface area (TPSA) is 84.7 Å². The average Bonchev–Trinajstić information content (AvgIpc) is 2.46. The largest absolute Gasteiger partial charge is 0.495 e. The second-order valence-electron chi connectivity index (χ2n) is 4.94. The Hall–Kier alpha value is -0.860. The summed E-state index contributed by atoms with van der Waals surface area (Å²) in [4.78, 5) is 2.61. The second kappa shape index (κ2) is 6.93. The minimum atomic E-state index is -3.75. The molecular weight excluding hydrogens is 314 g/mol. The zero-order chi connectivity index (χ0) is 15.5. The molecule has 6 nitrogen and oxygen atoms in total. The highest BCUT2D eigenvalue weighted by molar-refractivity contribution is 7.89. The first kappa shape index (κ1) is 16.5. The molecule has 1 aromatic rings. The number of ether oxygens (including phenoxy) is 1. The van der Waals surface area contributed by atoms with Crippen molar-refractivity contribution in [2.24, 2.45) is 5.73 Å². The van der Waals surface area contributed by atoms with Crippen LogP contribution in [0.3, 0.4) is 0 Å². The Morgan fingerprint density at radius 1 is 1.33 bits per heavy atom. The van der Waals surface area contributed by atoms with E-state index in [0.717, 1.165) is 19.3 Å². The van der Waals surface area contributed by atoms with E-state index in [0.29, 0.717) is 23.7 Å². The van der Waals surface area contributed by atoms with Crippen molar-refractivity contribution >= 4 is 21.6 Å². The third kappa shape index (κ3) is 3.87. The van der Waals surface area contributed by atoms with E-state index in [1.165, 1.54) is 13.2 Å². The van der Waals surface area contributed by atoms with Crippen molar-refractivity contribution in [2.45, 2.75) is 30.7 Å². The van der Waals surface area contributed by atoms with Gasteiger partial charge >= 0.3 is 0 Å². The summed E-state index contributed by atoms with van der Waals surface area (Å²) in [7, 11) is -2.33. The van der Waals surface area contributed by atoms with Gasteiger partial charge in [0.05, 0.1) is 7.11 Å². The molecule has 1 fully saturated rings. The molecule has 118 valence electrons. The third-order valence-electron chi connectivity index (χ3n) is 3.42. The zero-order valence-electron chi connectivity index (χ0n) is 11.9. The van der Waals surface area contributed by atoms with Crippen LogP contribution in [0.4, 0.5) is 0 Å². The van der Waals surface area contributed by atoms with Gasteiger partial charge in [0.15, 0.2) is 0 Å². The highest BCUT2D eigenvalue weighted by atomic mass is 35.5. The summed E-state index contributed by atoms with van der Waals surface area (Å²) in [5, 5.41) is 2.02. The number of halogens is 1. The Balaban J connectivity index is 2.36. The molecule has 8 heteroatoms. The number of benzene rings is 1. The van der Waals surface area contributed by atoms with Crippen molar-refractivity contribution in [3.05, 3.63) is 22.7 Å². The molecule has 1 aliphatic heterocycles. The van der Waals surface area contributed by atoms with Crippen LogP contribution in [-0.2, 0) is 16.6 Å². The second-order valence-corrected chi connectivity index (χ2v) is 7.01. The minimum Gasteiger partial charge on any atom is -0.495 e. The lowest BCUT2D eigenvalue weighted by molar-refractivity contribution is 0.199. The molecule has 0 aliphatic carbocycles. The first-order valence-corrected chi connectivity index (χ1v) is 8.68. The van der Waals surface area contributed by atoms with Crippen LogP contribution in [0, 0.1) is 0 Å². The highest BCUT2D eigenvalue weighted by Crippen LogP contribution is 2.31. The molecule has 0 unspecified atom stereocenters. The fraction of sp³-hybridized carbons (Fsp3) is 0.538. The molecule has 1 heterocycles. The van der Waals surface area contributed by atoms with Crippen molar-refractivity contribution in [2.75, 3.05) is 20.2 Å². The van der Waals surface area contributed by atoms with Gasteiger partial charge in [-0.2, -0.15) is 0 Å². The number of sulfonamides is 1. The Bertz CT molecular complexity index is 601. The van der Waals surface area contributed by atoms with Crippen LogP contribution in [-0.4, -0.2) is 33.6 Å². The summed E-state index contributed by atoms with van der Waals surface area (Å²) < 4.78 is 30.4. The first-order chi connectivity index (χ1) is 9.97. The van der Waals surface area contributed by atoms with Crippen molar-refractivity contribution < 1.29 is 13.2 Å². The Morgan fingerprint density at radius 2 is 2.00 bits per heavy atom. The predicted molar refractivity (Wildman–Crippen MR) is 81.6 cm³/mol. The number of piperidine rings is 1. The van der Waals surface area contributed by atoms with Gasteiger partial charge in [0.25, 0.3) is 10.0 Å². The van der Waals surface area contributed by atoms with E-state index >= 15 is 0 Å². The van der Waals surface area contributed by atoms with Crippen LogP contribution in [0.1, 0.15) is 24.8 Å². The van der Waals surface area contributed by atoms with Gasteiger partial charge in [-0.25, -0.2) is 13.4 Å². The molecule has 0 bridgehead atoms. The van der Waals surface area contributed by atoms with Crippen molar-refractivity contribution in [1.82, 2.24) is 9.84 Å². The van der Waals surface area contributed by atoms with Crippen molar-refractivity contribution in [1.29, 1.82) is 0 Å². The zero-order valence-corrected chi connectivity index (χ0v) is 13.5. The molecule has 1 aliphatic rings. The molecule has 0 atom stereocenters. The molecule has 0 radical (unpaired) electrons. The summed E-state index contributed by atoms with van der Waals surface area (Å²) in [6, 6.07) is 2.99. The number of nitrogens with zero attached hydrogens (tertiary/aromatic N) is 1. The molecule has 0 spiro atoms. The molecular formula is C13H20ClN3O3S. The summed E-state index contributed by atoms with van der Waals surface area (Å²) in [5.74, 6) is 0.242. The molecule has 1 aromatic carbocycles. The van der Waals surface area contributed by atoms with Crippen molar-refractivity contribution in [3.8, 4) is 5.75 Å². The monoisotopic (exact) mass is 333 g/mol. The van der Waals surface area contributed by atoms with E-state index < -0.39 is 10.0 Å². The van der Waals surface area contributed by atoms with Crippen LogP contribution in [0.25, 0.3) is 0 Å². The van der Waals surface area contributed by atoms with E-state index in [2.05, 4.69) is 4.83 Å². The number of methoxy groups -OCH3 is 1. The predicted octanol–water partition coefficient (Wildman–Crippen LogP) is 1.49. The number of hydrogen-bond acceptors (Lipinski definition) is 5. The summed E-state index contributed by atoms with van der Waals surface area (Å²) in [5.41, 5.74) is 6.19. The van der Waals surface area contributed by atoms with E-state index in [1.807, 2.05) is 0 Å². The van der Waals surface area contributed by atoms with Crippen LogP contribution < -0.4 is 15.3 Å². The molecule has 21 heavy (non-hydrogen) atoms. The van der Waals surface area contributed by atoms with Gasteiger partial charge in [-0.3, -0.25) is 0 Å². The number of nitrogens with two attached hydrogens (primary N) is 1. The minimum absolute atomic E-state index is 0.0172. The molecule has 3 N–H and O–H groups in total. The van der Waals surface area contributed by atoms with E-state index in [4.69, 9.17) is 22.1 Å². The lowest BCUT2D eigenvalue weighted by atomic mass is 10.2. The normalized spacial score (nSPS) is 16.9. The Labute approximate surface area is 130 Å². The van der Waals surface area contributed by atoms with Gasteiger partial charge in [0, 0.05) is 30.2 Å². The standard InChI is InChI=1S/C13H20ClN3O3S/c1-20-13-10(9-15)7-11(14)8-12(13)21(18,19)16-17-5-3-2-4-6-17/h7-8,16H,2-6,9,15H2,1H3. The van der Waals surface area contributed by atoms with Crippen molar-refractivity contribution in [3.63, 3.8) is 0 Å². The van der Waals surface area contributed by atoms with E-state index in [-0.39, 0.29) is 17.2 Å².